The maximum absolute atomic E-state index is 12.3. The molecule has 1 atom stereocenters. The van der Waals surface area contributed by atoms with E-state index in [4.69, 9.17) is 9.47 Å². The average Bonchev–Trinajstić information content (AvgIpc) is 3.31. The molecule has 0 aromatic rings. The number of ether oxygens (including phenoxy) is 2. The molecule has 5 heteroatoms. The summed E-state index contributed by atoms with van der Waals surface area (Å²) >= 11 is 0. The summed E-state index contributed by atoms with van der Waals surface area (Å²) in [6, 6.07) is 0. The predicted octanol–water partition coefficient (Wildman–Crippen LogP) is 18.8. The smallest absolute Gasteiger partial charge is 0.306 e. The lowest BCUT2D eigenvalue weighted by molar-refractivity contribution is -0.161. The van der Waals surface area contributed by atoms with Crippen molar-refractivity contribution in [2.75, 3.05) is 13.2 Å². The van der Waals surface area contributed by atoms with Crippen LogP contribution in [0.25, 0.3) is 0 Å². The maximum Gasteiger partial charge on any atom is 0.306 e. The molecule has 0 heterocycles. The third-order valence-electron chi connectivity index (χ3n) is 12.3. The molecular weight excluding hydrogens is 801 g/mol. The van der Waals surface area contributed by atoms with Crippen LogP contribution in [-0.4, -0.2) is 36.4 Å². The summed E-state index contributed by atoms with van der Waals surface area (Å²) in [6.07, 6.45) is 75.9. The van der Waals surface area contributed by atoms with E-state index in [1.807, 2.05) is 0 Å². The van der Waals surface area contributed by atoms with Gasteiger partial charge in [-0.1, -0.05) is 273 Å². The Balaban J connectivity index is 3.48. The molecule has 1 unspecified atom stereocenters. The quantitative estimate of drug-likeness (QED) is 0.0374. The summed E-state index contributed by atoms with van der Waals surface area (Å²) in [6.45, 7) is 4.06. The van der Waals surface area contributed by atoms with Gasteiger partial charge in [0, 0.05) is 12.8 Å². The van der Waals surface area contributed by atoms with Crippen molar-refractivity contribution in [1.82, 2.24) is 0 Å². The molecule has 0 aliphatic carbocycles. The lowest BCUT2D eigenvalue weighted by Crippen LogP contribution is -2.28. The standard InChI is InChI=1S/C60H106O5/c1-3-5-7-9-11-13-15-17-19-21-23-24-25-26-27-28-29-30-31-32-33-34-35-36-37-39-41-43-45-47-49-51-53-55-60(63)65-58(56-61)57-64-59(62)54-52-50-48-46-44-42-40-38-22-20-18-16-14-12-10-8-6-4-2/h5,7,11,13,17,19,23-24,26-27,29-30,58,61H,3-4,6,8-10,12,14-16,18,20-22,25,28,31-57H2,1-2H3/b7-5-,13-11-,19-17-,24-23-,27-26-,30-29-. The fraction of sp³-hybridized carbons (Fsp3) is 0.767. The second-order valence-electron chi connectivity index (χ2n) is 18.6. The minimum atomic E-state index is -0.772. The van der Waals surface area contributed by atoms with Gasteiger partial charge in [-0.15, -0.1) is 0 Å². The first kappa shape index (κ1) is 62.3. The zero-order chi connectivity index (χ0) is 47.0. The number of carbonyl (C=O) groups is 2. The Morgan fingerprint density at radius 2 is 0.662 bits per heavy atom. The fourth-order valence-corrected chi connectivity index (χ4v) is 8.09. The van der Waals surface area contributed by atoms with Crippen LogP contribution in [-0.2, 0) is 19.1 Å². The number of carbonyl (C=O) groups excluding carboxylic acids is 2. The average molecular weight is 908 g/mol. The predicted molar refractivity (Wildman–Crippen MR) is 283 cm³/mol. The number of aliphatic hydroxyl groups is 1. The molecule has 0 spiro atoms. The molecule has 0 saturated heterocycles. The monoisotopic (exact) mass is 907 g/mol. The van der Waals surface area contributed by atoms with E-state index < -0.39 is 6.10 Å². The molecule has 0 fully saturated rings. The first-order valence-corrected chi connectivity index (χ1v) is 28.0. The molecule has 65 heavy (non-hydrogen) atoms. The fourth-order valence-electron chi connectivity index (χ4n) is 8.09. The summed E-state index contributed by atoms with van der Waals surface area (Å²) < 4.78 is 10.7. The molecule has 376 valence electrons. The normalized spacial score (nSPS) is 12.7. The van der Waals surface area contributed by atoms with Crippen LogP contribution in [0.5, 0.6) is 0 Å². The molecule has 0 aliphatic rings. The van der Waals surface area contributed by atoms with Gasteiger partial charge in [0.25, 0.3) is 0 Å². The van der Waals surface area contributed by atoms with Gasteiger partial charge in [-0.05, 0) is 64.2 Å². The second-order valence-corrected chi connectivity index (χ2v) is 18.6. The maximum atomic E-state index is 12.3. The molecule has 5 nitrogen and oxygen atoms in total. The van der Waals surface area contributed by atoms with Crippen LogP contribution in [0, 0.1) is 0 Å². The molecule has 0 aromatic carbocycles. The van der Waals surface area contributed by atoms with Crippen LogP contribution in [0.3, 0.4) is 0 Å². The number of unbranched alkanes of at least 4 members (excludes halogenated alkanes) is 31. The van der Waals surface area contributed by atoms with Crippen LogP contribution in [0.4, 0.5) is 0 Å². The Morgan fingerprint density at radius 3 is 1.00 bits per heavy atom. The Bertz CT molecular complexity index is 1160. The molecule has 0 rings (SSSR count). The third kappa shape index (κ3) is 53.8. The van der Waals surface area contributed by atoms with E-state index in [-0.39, 0.29) is 25.2 Å². The summed E-state index contributed by atoms with van der Waals surface area (Å²) in [7, 11) is 0. The number of aliphatic hydroxyl groups excluding tert-OH is 1. The highest BCUT2D eigenvalue weighted by molar-refractivity contribution is 5.70. The van der Waals surface area contributed by atoms with Gasteiger partial charge < -0.3 is 14.6 Å². The van der Waals surface area contributed by atoms with Gasteiger partial charge >= 0.3 is 11.9 Å². The molecule has 0 aliphatic heterocycles. The zero-order valence-corrected chi connectivity index (χ0v) is 43.0. The van der Waals surface area contributed by atoms with Gasteiger partial charge in [-0.25, -0.2) is 0 Å². The van der Waals surface area contributed by atoms with Gasteiger partial charge in [0.2, 0.25) is 0 Å². The minimum absolute atomic E-state index is 0.0636. The van der Waals surface area contributed by atoms with Gasteiger partial charge in [-0.2, -0.15) is 0 Å². The first-order valence-electron chi connectivity index (χ1n) is 28.0. The lowest BCUT2D eigenvalue weighted by atomic mass is 10.0. The SMILES string of the molecule is CC/C=C\C/C=C\C/C=C\C/C=C\C/C=C\C/C=C\CCCCCCCCCCCCCCCCC(=O)OC(CO)COC(=O)CCCCCCCCCCCCCCCCCCCC. The number of allylic oxidation sites excluding steroid dienone is 12. The van der Waals surface area contributed by atoms with Crippen molar-refractivity contribution in [2.45, 2.75) is 283 Å². The van der Waals surface area contributed by atoms with Crippen LogP contribution in [0.1, 0.15) is 277 Å². The molecule has 0 aromatic heterocycles. The van der Waals surface area contributed by atoms with Crippen LogP contribution in [0.15, 0.2) is 72.9 Å². The largest absolute Gasteiger partial charge is 0.462 e. The summed E-state index contributed by atoms with van der Waals surface area (Å²) in [5.74, 6) is -0.580. The summed E-state index contributed by atoms with van der Waals surface area (Å²) in [5.41, 5.74) is 0. The zero-order valence-electron chi connectivity index (χ0n) is 43.0. The summed E-state index contributed by atoms with van der Waals surface area (Å²) in [4.78, 5) is 24.5. The molecule has 1 N–H and O–H groups in total. The van der Waals surface area contributed by atoms with E-state index in [0.717, 1.165) is 77.0 Å². The van der Waals surface area contributed by atoms with Crippen molar-refractivity contribution in [3.05, 3.63) is 72.9 Å². The Hall–Kier alpha value is -2.66. The summed E-state index contributed by atoms with van der Waals surface area (Å²) in [5, 5.41) is 9.64. The highest BCUT2D eigenvalue weighted by atomic mass is 16.6. The molecule has 0 amide bonds. The molecule has 0 bridgehead atoms. The second kappa shape index (κ2) is 55.7. The van der Waals surface area contributed by atoms with Gasteiger partial charge in [-0.3, -0.25) is 9.59 Å². The minimum Gasteiger partial charge on any atom is -0.462 e. The van der Waals surface area contributed by atoms with E-state index in [1.54, 1.807) is 0 Å². The Labute approximate surface area is 403 Å². The Kier molecular flexibility index (Phi) is 53.4. The molecular formula is C60H106O5. The Morgan fingerprint density at radius 1 is 0.369 bits per heavy atom. The van der Waals surface area contributed by atoms with E-state index in [2.05, 4.69) is 86.8 Å². The number of esters is 2. The van der Waals surface area contributed by atoms with Crippen LogP contribution < -0.4 is 0 Å². The van der Waals surface area contributed by atoms with Crippen LogP contribution >= 0.6 is 0 Å². The van der Waals surface area contributed by atoms with E-state index in [0.29, 0.717) is 12.8 Å². The van der Waals surface area contributed by atoms with Crippen molar-refractivity contribution in [3.63, 3.8) is 0 Å². The first-order chi connectivity index (χ1) is 32.1. The number of rotatable bonds is 51. The van der Waals surface area contributed by atoms with Crippen LogP contribution in [0.2, 0.25) is 0 Å². The third-order valence-corrected chi connectivity index (χ3v) is 12.3. The van der Waals surface area contributed by atoms with Crippen molar-refractivity contribution in [2.24, 2.45) is 0 Å². The van der Waals surface area contributed by atoms with Crippen molar-refractivity contribution in [1.29, 1.82) is 0 Å². The molecule has 0 radical (unpaired) electrons. The van der Waals surface area contributed by atoms with Gasteiger partial charge in [0.15, 0.2) is 6.10 Å². The molecule has 0 saturated carbocycles. The number of hydrogen-bond acceptors (Lipinski definition) is 5. The lowest BCUT2D eigenvalue weighted by Gasteiger charge is -2.15. The van der Waals surface area contributed by atoms with Crippen molar-refractivity contribution >= 4 is 11.9 Å². The van der Waals surface area contributed by atoms with Crippen molar-refractivity contribution < 1.29 is 24.2 Å². The van der Waals surface area contributed by atoms with Crippen molar-refractivity contribution in [3.8, 4) is 0 Å². The number of hydrogen-bond donors (Lipinski definition) is 1. The van der Waals surface area contributed by atoms with Gasteiger partial charge in [0.05, 0.1) is 6.61 Å². The van der Waals surface area contributed by atoms with E-state index in [1.165, 1.54) is 173 Å². The topological polar surface area (TPSA) is 72.8 Å². The van der Waals surface area contributed by atoms with E-state index in [9.17, 15) is 14.7 Å². The van der Waals surface area contributed by atoms with Gasteiger partial charge in [0.1, 0.15) is 6.61 Å². The highest BCUT2D eigenvalue weighted by Crippen LogP contribution is 2.17. The van der Waals surface area contributed by atoms with E-state index >= 15 is 0 Å². The highest BCUT2D eigenvalue weighted by Gasteiger charge is 2.16.